The maximum Gasteiger partial charge on any atom is 0.265 e. The van der Waals surface area contributed by atoms with Crippen LogP contribution in [0.3, 0.4) is 0 Å². The number of para-hydroxylation sites is 2. The zero-order valence-electron chi connectivity index (χ0n) is 18.0. The third-order valence-electron chi connectivity index (χ3n) is 4.85. The summed E-state index contributed by atoms with van der Waals surface area (Å²) in [4.78, 5) is 18.7. The summed E-state index contributed by atoms with van der Waals surface area (Å²) in [7, 11) is 0. The van der Waals surface area contributed by atoms with E-state index in [1.54, 1.807) is 4.90 Å². The molecule has 1 aromatic carbocycles. The number of guanidine groups is 1. The molecule has 7 heteroatoms. The van der Waals surface area contributed by atoms with Crippen molar-refractivity contribution in [2.75, 3.05) is 44.3 Å². The summed E-state index contributed by atoms with van der Waals surface area (Å²) in [6.45, 7) is 9.56. The molecule has 1 atom stereocenters. The van der Waals surface area contributed by atoms with Crippen molar-refractivity contribution in [3.63, 3.8) is 0 Å². The van der Waals surface area contributed by atoms with Crippen LogP contribution >= 0.6 is 0 Å². The van der Waals surface area contributed by atoms with Crippen molar-refractivity contribution < 1.29 is 14.6 Å². The summed E-state index contributed by atoms with van der Waals surface area (Å²) in [6, 6.07) is 7.64. The highest BCUT2D eigenvalue weighted by Gasteiger charge is 2.24. The van der Waals surface area contributed by atoms with Gasteiger partial charge in [0, 0.05) is 32.8 Å². The van der Waals surface area contributed by atoms with Gasteiger partial charge >= 0.3 is 0 Å². The van der Waals surface area contributed by atoms with E-state index in [-0.39, 0.29) is 19.1 Å². The van der Waals surface area contributed by atoms with Crippen LogP contribution in [0.15, 0.2) is 29.3 Å². The first-order valence-corrected chi connectivity index (χ1v) is 10.7. The smallest absolute Gasteiger partial charge is 0.265 e. The van der Waals surface area contributed by atoms with E-state index in [4.69, 9.17) is 9.73 Å². The Bertz CT molecular complexity index is 663. The fourth-order valence-electron chi connectivity index (χ4n) is 3.54. The predicted octanol–water partition coefficient (Wildman–Crippen LogP) is 2.40. The maximum absolute atomic E-state index is 12.2. The van der Waals surface area contributed by atoms with E-state index in [1.165, 1.54) is 0 Å². The van der Waals surface area contributed by atoms with Crippen molar-refractivity contribution >= 4 is 17.6 Å². The van der Waals surface area contributed by atoms with Gasteiger partial charge in [0.05, 0.1) is 5.69 Å². The number of benzene rings is 1. The number of nitrogens with one attached hydrogen (secondary N) is 2. The molecule has 2 rings (SSSR count). The summed E-state index contributed by atoms with van der Waals surface area (Å²) in [6.07, 6.45) is 2.64. The van der Waals surface area contributed by atoms with Crippen molar-refractivity contribution in [1.82, 2.24) is 10.6 Å². The molecular formula is C22H36N4O3. The maximum atomic E-state index is 12.2. The van der Waals surface area contributed by atoms with Crippen LogP contribution in [-0.2, 0) is 4.79 Å². The zero-order valence-corrected chi connectivity index (χ0v) is 18.0. The number of carbonyl (C=O) groups excluding carboxylic acids is 1. The lowest BCUT2D eigenvalue weighted by molar-refractivity contribution is -0.121. The van der Waals surface area contributed by atoms with Gasteiger partial charge in [-0.15, -0.1) is 0 Å². The lowest BCUT2D eigenvalue weighted by Crippen LogP contribution is -2.42. The molecule has 1 aromatic rings. The molecule has 1 heterocycles. The Morgan fingerprint density at radius 1 is 1.31 bits per heavy atom. The topological polar surface area (TPSA) is 86.2 Å². The summed E-state index contributed by atoms with van der Waals surface area (Å²) in [5.74, 6) is 2.51. The molecule has 1 aliphatic heterocycles. The van der Waals surface area contributed by atoms with Gasteiger partial charge in [0.1, 0.15) is 5.75 Å². The standard InChI is InChI=1S/C22H36N4O3/c1-4-23-22(25-15-18(10-13-27)14-17(2)3)24-11-7-12-26-19-8-5-6-9-20(19)29-16-21(26)28/h5-6,8-9,17-18,27H,4,7,10-16H2,1-3H3,(H2,23,24,25). The van der Waals surface area contributed by atoms with Gasteiger partial charge in [-0.2, -0.15) is 0 Å². The molecule has 3 N–H and O–H groups in total. The number of aliphatic hydroxyl groups is 1. The Morgan fingerprint density at radius 3 is 2.83 bits per heavy atom. The highest BCUT2D eigenvalue weighted by Crippen LogP contribution is 2.31. The molecule has 0 fully saturated rings. The Labute approximate surface area is 174 Å². The van der Waals surface area contributed by atoms with Gasteiger partial charge in [-0.1, -0.05) is 26.0 Å². The number of aliphatic imine (C=N–C) groups is 1. The van der Waals surface area contributed by atoms with Crippen molar-refractivity contribution in [2.24, 2.45) is 16.8 Å². The molecule has 1 aliphatic rings. The van der Waals surface area contributed by atoms with Gasteiger partial charge < -0.3 is 25.4 Å². The van der Waals surface area contributed by atoms with Crippen molar-refractivity contribution in [2.45, 2.75) is 40.0 Å². The lowest BCUT2D eigenvalue weighted by atomic mass is 9.94. The second-order valence-corrected chi connectivity index (χ2v) is 7.81. The summed E-state index contributed by atoms with van der Waals surface area (Å²) in [5, 5.41) is 15.9. The SMILES string of the molecule is CCNC(=NCC(CCO)CC(C)C)NCCCN1C(=O)COc2ccccc21. The number of rotatable bonds is 11. The van der Waals surface area contributed by atoms with E-state index in [2.05, 4.69) is 24.5 Å². The number of hydrogen-bond acceptors (Lipinski definition) is 4. The fourth-order valence-corrected chi connectivity index (χ4v) is 3.54. The molecule has 0 saturated heterocycles. The number of anilines is 1. The second kappa shape index (κ2) is 12.3. The fraction of sp³-hybridized carbons (Fsp3) is 0.636. The Hall–Kier alpha value is -2.28. The second-order valence-electron chi connectivity index (χ2n) is 7.81. The van der Waals surface area contributed by atoms with Crippen molar-refractivity contribution in [3.8, 4) is 5.75 Å². The van der Waals surface area contributed by atoms with Crippen molar-refractivity contribution in [3.05, 3.63) is 24.3 Å². The van der Waals surface area contributed by atoms with Gasteiger partial charge in [-0.3, -0.25) is 9.79 Å². The van der Waals surface area contributed by atoms with E-state index in [0.717, 1.165) is 43.2 Å². The van der Waals surface area contributed by atoms with Gasteiger partial charge in [0.2, 0.25) is 0 Å². The first-order chi connectivity index (χ1) is 14.0. The molecular weight excluding hydrogens is 368 g/mol. The number of carbonyl (C=O) groups is 1. The van der Waals surface area contributed by atoms with Gasteiger partial charge in [-0.05, 0) is 50.2 Å². The molecule has 0 spiro atoms. The largest absolute Gasteiger partial charge is 0.482 e. The van der Waals surface area contributed by atoms with Crippen molar-refractivity contribution in [1.29, 1.82) is 0 Å². The number of nitrogens with zero attached hydrogens (tertiary/aromatic N) is 2. The average molecular weight is 405 g/mol. The van der Waals surface area contributed by atoms with Crippen LogP contribution in [0.5, 0.6) is 5.75 Å². The first kappa shape index (κ1) is 23.0. The molecule has 29 heavy (non-hydrogen) atoms. The van der Waals surface area contributed by atoms with E-state index in [0.29, 0.717) is 31.5 Å². The summed E-state index contributed by atoms with van der Waals surface area (Å²) < 4.78 is 5.49. The molecule has 0 aromatic heterocycles. The molecule has 7 nitrogen and oxygen atoms in total. The Kier molecular flexibility index (Phi) is 9.77. The van der Waals surface area contributed by atoms with Crippen LogP contribution in [0.2, 0.25) is 0 Å². The van der Waals surface area contributed by atoms with E-state index in [9.17, 15) is 9.90 Å². The van der Waals surface area contributed by atoms with E-state index >= 15 is 0 Å². The molecule has 0 aliphatic carbocycles. The molecule has 0 bridgehead atoms. The third kappa shape index (κ3) is 7.57. The summed E-state index contributed by atoms with van der Waals surface area (Å²) >= 11 is 0. The molecule has 162 valence electrons. The Morgan fingerprint density at radius 2 is 2.10 bits per heavy atom. The van der Waals surface area contributed by atoms with Crippen LogP contribution in [0, 0.1) is 11.8 Å². The number of hydrogen-bond donors (Lipinski definition) is 3. The van der Waals surface area contributed by atoms with Crippen LogP contribution < -0.4 is 20.3 Å². The molecule has 0 saturated carbocycles. The minimum atomic E-state index is -0.00944. The summed E-state index contributed by atoms with van der Waals surface area (Å²) in [5.41, 5.74) is 0.838. The highest BCUT2D eigenvalue weighted by atomic mass is 16.5. The minimum Gasteiger partial charge on any atom is -0.482 e. The number of fused-ring (bicyclic) bond motifs is 1. The first-order valence-electron chi connectivity index (χ1n) is 10.7. The van der Waals surface area contributed by atoms with Crippen LogP contribution in [0.1, 0.15) is 40.0 Å². The highest BCUT2D eigenvalue weighted by molar-refractivity contribution is 5.97. The normalized spacial score (nSPS) is 15.1. The van der Waals surface area contributed by atoms with E-state index in [1.807, 2.05) is 31.2 Å². The Balaban J connectivity index is 1.85. The van der Waals surface area contributed by atoms with Crippen LogP contribution in [0.25, 0.3) is 0 Å². The molecule has 1 unspecified atom stereocenters. The molecule has 1 amide bonds. The minimum absolute atomic E-state index is 0.00944. The van der Waals surface area contributed by atoms with E-state index < -0.39 is 0 Å². The number of aliphatic hydroxyl groups excluding tert-OH is 1. The molecule has 0 radical (unpaired) electrons. The third-order valence-corrected chi connectivity index (χ3v) is 4.85. The van der Waals surface area contributed by atoms with Gasteiger partial charge in [0.15, 0.2) is 12.6 Å². The number of ether oxygens (including phenoxy) is 1. The predicted molar refractivity (Wildman–Crippen MR) is 118 cm³/mol. The quantitative estimate of drug-likeness (QED) is 0.300. The monoisotopic (exact) mass is 404 g/mol. The van der Waals surface area contributed by atoms with Gasteiger partial charge in [-0.25, -0.2) is 0 Å². The lowest BCUT2D eigenvalue weighted by Gasteiger charge is -2.29. The van der Waals surface area contributed by atoms with Crippen LogP contribution in [-0.4, -0.2) is 56.4 Å². The van der Waals surface area contributed by atoms with Gasteiger partial charge in [0.25, 0.3) is 5.91 Å². The number of amides is 1. The average Bonchev–Trinajstić information content (AvgIpc) is 2.70. The van der Waals surface area contributed by atoms with Crippen LogP contribution in [0.4, 0.5) is 5.69 Å². The zero-order chi connectivity index (χ0) is 21.1.